The summed E-state index contributed by atoms with van der Waals surface area (Å²) in [6, 6.07) is 12.4. The second kappa shape index (κ2) is 7.58. The van der Waals surface area contributed by atoms with Crippen molar-refractivity contribution in [1.82, 2.24) is 10.2 Å². The molecule has 0 unspecified atom stereocenters. The molecular weight excluding hydrogens is 392 g/mol. The minimum absolute atomic E-state index is 0.0397. The van der Waals surface area contributed by atoms with Gasteiger partial charge in [0.15, 0.2) is 11.5 Å². The average Bonchev–Trinajstić information content (AvgIpc) is 3.46. The smallest absolute Gasteiger partial charge is 0.234 e. The largest absolute Gasteiger partial charge is 0.454 e. The first-order chi connectivity index (χ1) is 13.8. The lowest BCUT2D eigenvalue weighted by Gasteiger charge is -2.34. The lowest BCUT2D eigenvalue weighted by atomic mass is 9.98. The third-order valence-electron chi connectivity index (χ3n) is 5.15. The first-order valence-corrected chi connectivity index (χ1v) is 11.0. The molecule has 0 saturated carbocycles. The molecule has 0 radical (unpaired) electrons. The van der Waals surface area contributed by atoms with Crippen molar-refractivity contribution in [2.75, 3.05) is 19.9 Å². The third-order valence-corrected chi connectivity index (χ3v) is 7.07. The van der Waals surface area contributed by atoms with Crippen LogP contribution in [-0.2, 0) is 17.8 Å². The number of nitrogens with one attached hydrogen (secondary N) is 1. The van der Waals surface area contributed by atoms with Crippen molar-refractivity contribution >= 4 is 28.6 Å². The molecule has 0 aliphatic carbocycles. The second-order valence-electron chi connectivity index (χ2n) is 6.90. The summed E-state index contributed by atoms with van der Waals surface area (Å²) in [6.45, 7) is 2.03. The Labute approximate surface area is 171 Å². The fourth-order valence-electron chi connectivity index (χ4n) is 3.81. The van der Waals surface area contributed by atoms with Gasteiger partial charge in [0.25, 0.3) is 0 Å². The molecule has 144 valence electrons. The molecule has 0 bridgehead atoms. The van der Waals surface area contributed by atoms with E-state index >= 15 is 0 Å². The summed E-state index contributed by atoms with van der Waals surface area (Å²) < 4.78 is 10.7. The molecule has 5 rings (SSSR count). The summed E-state index contributed by atoms with van der Waals surface area (Å²) in [7, 11) is 0. The summed E-state index contributed by atoms with van der Waals surface area (Å²) in [6.07, 6.45) is 1.00. The predicted octanol–water partition coefficient (Wildman–Crippen LogP) is 3.80. The van der Waals surface area contributed by atoms with E-state index in [0.717, 1.165) is 30.0 Å². The number of rotatable bonds is 5. The Kier molecular flexibility index (Phi) is 4.80. The minimum Gasteiger partial charge on any atom is -0.454 e. The number of hydrogen-bond donors (Lipinski definition) is 1. The maximum Gasteiger partial charge on any atom is 0.234 e. The van der Waals surface area contributed by atoms with Crippen LogP contribution >= 0.6 is 22.7 Å². The van der Waals surface area contributed by atoms with Gasteiger partial charge in [0.2, 0.25) is 12.7 Å². The highest BCUT2D eigenvalue weighted by atomic mass is 32.1. The molecule has 2 aromatic heterocycles. The summed E-state index contributed by atoms with van der Waals surface area (Å²) in [4.78, 5) is 17.7. The van der Waals surface area contributed by atoms with Crippen molar-refractivity contribution in [3.8, 4) is 11.5 Å². The van der Waals surface area contributed by atoms with Gasteiger partial charge in [-0.25, -0.2) is 0 Å². The van der Waals surface area contributed by atoms with Gasteiger partial charge in [-0.1, -0.05) is 12.1 Å². The molecule has 0 fully saturated rings. The maximum absolute atomic E-state index is 12.7. The Hall–Kier alpha value is -2.35. The van der Waals surface area contributed by atoms with Crippen LogP contribution in [0.25, 0.3) is 0 Å². The zero-order chi connectivity index (χ0) is 18.9. The number of thiophene rings is 2. The Bertz CT molecular complexity index is 983. The zero-order valence-electron chi connectivity index (χ0n) is 15.2. The van der Waals surface area contributed by atoms with Crippen LogP contribution in [0.2, 0.25) is 0 Å². The van der Waals surface area contributed by atoms with E-state index in [4.69, 9.17) is 9.47 Å². The molecule has 3 aromatic rings. The number of ether oxygens (including phenoxy) is 2. The summed E-state index contributed by atoms with van der Waals surface area (Å²) in [5, 5.41) is 7.32. The first kappa shape index (κ1) is 17.7. The fraction of sp³-hybridized carbons (Fsp3) is 0.286. The second-order valence-corrected chi connectivity index (χ2v) is 8.88. The van der Waals surface area contributed by atoms with Gasteiger partial charge < -0.3 is 14.8 Å². The van der Waals surface area contributed by atoms with Crippen LogP contribution in [0.5, 0.6) is 11.5 Å². The van der Waals surface area contributed by atoms with Gasteiger partial charge in [0, 0.05) is 22.8 Å². The lowest BCUT2D eigenvalue weighted by Crippen LogP contribution is -2.42. The van der Waals surface area contributed by atoms with Crippen LogP contribution in [0, 0.1) is 0 Å². The number of hydrogen-bond acceptors (Lipinski definition) is 6. The number of carbonyl (C=O) groups is 1. The summed E-state index contributed by atoms with van der Waals surface area (Å²) in [5.74, 6) is 1.54. The Morgan fingerprint density at radius 1 is 1.14 bits per heavy atom. The van der Waals surface area contributed by atoms with Gasteiger partial charge in [-0.2, -0.15) is 0 Å². The number of nitrogens with zero attached hydrogens (tertiary/aromatic N) is 1. The van der Waals surface area contributed by atoms with Gasteiger partial charge in [0.05, 0.1) is 12.6 Å². The Morgan fingerprint density at radius 3 is 2.96 bits per heavy atom. The van der Waals surface area contributed by atoms with Crippen LogP contribution < -0.4 is 14.8 Å². The number of benzene rings is 1. The van der Waals surface area contributed by atoms with Gasteiger partial charge in [0.1, 0.15) is 0 Å². The van der Waals surface area contributed by atoms with Crippen molar-refractivity contribution < 1.29 is 14.3 Å². The van der Waals surface area contributed by atoms with Crippen molar-refractivity contribution in [2.45, 2.75) is 19.0 Å². The maximum atomic E-state index is 12.7. The van der Waals surface area contributed by atoms with Crippen molar-refractivity contribution in [1.29, 1.82) is 0 Å². The highest BCUT2D eigenvalue weighted by Crippen LogP contribution is 2.39. The molecule has 2 aliphatic heterocycles. The normalized spacial score (nSPS) is 18.1. The zero-order valence-corrected chi connectivity index (χ0v) is 16.9. The van der Waals surface area contributed by atoms with Gasteiger partial charge in [-0.15, -0.1) is 22.7 Å². The molecule has 1 atom stereocenters. The molecule has 1 amide bonds. The quantitative estimate of drug-likeness (QED) is 0.693. The molecule has 0 saturated heterocycles. The highest BCUT2D eigenvalue weighted by molar-refractivity contribution is 7.10. The Balaban J connectivity index is 1.26. The summed E-state index contributed by atoms with van der Waals surface area (Å²) in [5.41, 5.74) is 2.36. The molecule has 1 N–H and O–H groups in total. The lowest BCUT2D eigenvalue weighted by molar-refractivity contribution is -0.122. The van der Waals surface area contributed by atoms with Gasteiger partial charge in [-0.05, 0) is 52.6 Å². The topological polar surface area (TPSA) is 50.8 Å². The molecule has 5 nitrogen and oxygen atoms in total. The molecular formula is C21H20N2O3S2. The minimum atomic E-state index is 0.0397. The van der Waals surface area contributed by atoms with Crippen LogP contribution in [0.4, 0.5) is 0 Å². The van der Waals surface area contributed by atoms with E-state index < -0.39 is 0 Å². The number of amides is 1. The van der Waals surface area contributed by atoms with Crippen LogP contribution in [0.15, 0.2) is 47.2 Å². The monoisotopic (exact) mass is 412 g/mol. The van der Waals surface area contributed by atoms with Crippen molar-refractivity contribution in [3.63, 3.8) is 0 Å². The third kappa shape index (κ3) is 3.41. The molecule has 7 heteroatoms. The van der Waals surface area contributed by atoms with Crippen LogP contribution in [0.3, 0.4) is 0 Å². The van der Waals surface area contributed by atoms with E-state index in [1.54, 1.807) is 11.3 Å². The molecule has 28 heavy (non-hydrogen) atoms. The van der Waals surface area contributed by atoms with Gasteiger partial charge in [-0.3, -0.25) is 9.69 Å². The fourth-order valence-corrected chi connectivity index (χ4v) is 5.59. The molecule has 1 aromatic carbocycles. The van der Waals surface area contributed by atoms with Crippen molar-refractivity contribution in [3.05, 3.63) is 68.0 Å². The van der Waals surface area contributed by atoms with Gasteiger partial charge >= 0.3 is 0 Å². The standard InChI is InChI=1S/C21H20N2O3S2/c24-20(22-11-14-3-4-16-17(10-14)26-13-25-16)12-23-7-5-18-15(6-9-28-18)21(23)19-2-1-8-27-19/h1-4,6,8-10,21H,5,7,11-13H2,(H,22,24)/t21-/m0/s1. The summed E-state index contributed by atoms with van der Waals surface area (Å²) >= 11 is 3.57. The number of fused-ring (bicyclic) bond motifs is 2. The number of carbonyl (C=O) groups excluding carboxylic acids is 1. The van der Waals surface area contributed by atoms with E-state index in [2.05, 4.69) is 39.2 Å². The highest BCUT2D eigenvalue weighted by Gasteiger charge is 2.31. The van der Waals surface area contributed by atoms with E-state index in [1.165, 1.54) is 15.3 Å². The van der Waals surface area contributed by atoms with Crippen molar-refractivity contribution in [2.24, 2.45) is 0 Å². The van der Waals surface area contributed by atoms with E-state index in [-0.39, 0.29) is 18.7 Å². The average molecular weight is 413 g/mol. The predicted molar refractivity (Wildman–Crippen MR) is 110 cm³/mol. The first-order valence-electron chi connectivity index (χ1n) is 9.27. The van der Waals surface area contributed by atoms with E-state index in [0.29, 0.717) is 13.1 Å². The molecule has 4 heterocycles. The van der Waals surface area contributed by atoms with E-state index in [9.17, 15) is 4.79 Å². The van der Waals surface area contributed by atoms with E-state index in [1.807, 2.05) is 29.5 Å². The SMILES string of the molecule is O=C(CN1CCc2sccc2[C@H]1c1cccs1)NCc1ccc2c(c1)OCO2. The molecule has 2 aliphatic rings. The van der Waals surface area contributed by atoms with Crippen LogP contribution in [-0.4, -0.2) is 30.7 Å². The molecule has 0 spiro atoms. The Morgan fingerprint density at radius 2 is 2.07 bits per heavy atom. The van der Waals surface area contributed by atoms with Crippen LogP contribution in [0.1, 0.15) is 26.9 Å².